The van der Waals surface area contributed by atoms with Crippen molar-refractivity contribution >= 4 is 16.0 Å². The van der Waals surface area contributed by atoms with Gasteiger partial charge < -0.3 is 14.5 Å². The Morgan fingerprint density at radius 2 is 2.09 bits per heavy atom. The number of hydrogen-bond acceptors (Lipinski definition) is 5. The van der Waals surface area contributed by atoms with E-state index in [9.17, 15) is 13.2 Å². The highest BCUT2D eigenvalue weighted by atomic mass is 32.2. The van der Waals surface area contributed by atoms with Gasteiger partial charge in [0.15, 0.2) is 0 Å². The van der Waals surface area contributed by atoms with E-state index in [4.69, 9.17) is 9.47 Å². The van der Waals surface area contributed by atoms with Crippen molar-refractivity contribution in [2.75, 3.05) is 26.3 Å². The molecule has 2 fully saturated rings. The lowest BCUT2D eigenvalue weighted by Crippen LogP contribution is -2.40. The summed E-state index contributed by atoms with van der Waals surface area (Å²) in [6, 6.07) is 1.34. The molecule has 2 aliphatic rings. The quantitative estimate of drug-likeness (QED) is 0.814. The normalized spacial score (nSPS) is 21.5. The molecule has 122 valence electrons. The fourth-order valence-corrected chi connectivity index (χ4v) is 3.87. The molecule has 8 heteroatoms. The molecule has 1 aliphatic heterocycles. The minimum absolute atomic E-state index is 0.0837. The second-order valence-electron chi connectivity index (χ2n) is 5.71. The first-order valence-electron chi connectivity index (χ1n) is 7.46. The zero-order valence-corrected chi connectivity index (χ0v) is 13.3. The van der Waals surface area contributed by atoms with Gasteiger partial charge in [-0.25, -0.2) is 13.2 Å². The van der Waals surface area contributed by atoms with Crippen LogP contribution in [0.25, 0.3) is 0 Å². The summed E-state index contributed by atoms with van der Waals surface area (Å²) in [5.74, 6) is -0.0710. The summed E-state index contributed by atoms with van der Waals surface area (Å²) in [6.45, 7) is 3.29. The highest BCUT2D eigenvalue weighted by Gasteiger charge is 2.32. The summed E-state index contributed by atoms with van der Waals surface area (Å²) >= 11 is 0. The zero-order valence-electron chi connectivity index (χ0n) is 12.4. The number of nitrogens with zero attached hydrogens (tertiary/aromatic N) is 1. The molecule has 1 aromatic rings. The number of hydrogen-bond donors (Lipinski definition) is 1. The average Bonchev–Trinajstić information content (AvgIpc) is 3.24. The molecule has 0 unspecified atom stereocenters. The van der Waals surface area contributed by atoms with E-state index in [1.54, 1.807) is 0 Å². The Hall–Kier alpha value is -1.38. The molecule has 0 bridgehead atoms. The minimum atomic E-state index is -3.59. The predicted molar refractivity (Wildman–Crippen MR) is 78.0 cm³/mol. The predicted octanol–water partition coefficient (Wildman–Crippen LogP) is 0.991. The molecule has 0 radical (unpaired) electrons. The molecule has 1 N–H and O–H groups in total. The van der Waals surface area contributed by atoms with Crippen LogP contribution >= 0.6 is 0 Å². The van der Waals surface area contributed by atoms with Gasteiger partial charge in [0.2, 0.25) is 10.0 Å². The molecule has 3 rings (SSSR count). The van der Waals surface area contributed by atoms with E-state index in [1.165, 1.54) is 16.6 Å². The number of rotatable bonds is 5. The summed E-state index contributed by atoms with van der Waals surface area (Å²) in [6.07, 6.45) is 3.37. The third-order valence-corrected chi connectivity index (χ3v) is 5.94. The number of H-pyrrole nitrogens is 1. The van der Waals surface area contributed by atoms with Crippen LogP contribution in [-0.4, -0.2) is 56.1 Å². The molecule has 2 heterocycles. The van der Waals surface area contributed by atoms with Crippen molar-refractivity contribution in [3.05, 3.63) is 18.0 Å². The van der Waals surface area contributed by atoms with Crippen LogP contribution in [0, 0.1) is 5.92 Å². The zero-order chi connectivity index (χ0) is 15.7. The number of aromatic amines is 1. The molecule has 1 saturated heterocycles. The van der Waals surface area contributed by atoms with Crippen molar-refractivity contribution in [3.8, 4) is 0 Å². The average molecular weight is 328 g/mol. The Balaban J connectivity index is 1.70. The number of carbonyl (C=O) groups is 1. The van der Waals surface area contributed by atoms with E-state index in [-0.39, 0.29) is 16.7 Å². The fraction of sp³-hybridized carbons (Fsp3) is 0.643. The summed E-state index contributed by atoms with van der Waals surface area (Å²) < 4.78 is 36.8. The van der Waals surface area contributed by atoms with Crippen molar-refractivity contribution in [3.63, 3.8) is 0 Å². The maximum atomic E-state index is 12.5. The lowest BCUT2D eigenvalue weighted by Gasteiger charge is -2.25. The van der Waals surface area contributed by atoms with E-state index in [2.05, 4.69) is 4.98 Å². The van der Waals surface area contributed by atoms with E-state index >= 15 is 0 Å². The van der Waals surface area contributed by atoms with Gasteiger partial charge in [-0.2, -0.15) is 4.31 Å². The molecular weight excluding hydrogens is 308 g/mol. The number of sulfonamides is 1. The van der Waals surface area contributed by atoms with Crippen LogP contribution in [-0.2, 0) is 19.5 Å². The molecule has 7 nitrogen and oxygen atoms in total. The number of nitrogens with one attached hydrogen (secondary N) is 1. The molecule has 1 aromatic heterocycles. The molecule has 1 atom stereocenters. The van der Waals surface area contributed by atoms with E-state index in [1.807, 2.05) is 6.92 Å². The van der Waals surface area contributed by atoms with Crippen LogP contribution in [0.1, 0.15) is 30.3 Å². The molecule has 1 aliphatic carbocycles. The molecule has 0 aromatic carbocycles. The van der Waals surface area contributed by atoms with Crippen LogP contribution in [0.4, 0.5) is 0 Å². The van der Waals surface area contributed by atoms with Crippen molar-refractivity contribution in [1.82, 2.24) is 9.29 Å². The van der Waals surface area contributed by atoms with Gasteiger partial charge in [-0.15, -0.1) is 0 Å². The van der Waals surface area contributed by atoms with Gasteiger partial charge >= 0.3 is 5.97 Å². The number of carbonyl (C=O) groups excluding carboxylic acids is 1. The monoisotopic (exact) mass is 328 g/mol. The lowest BCUT2D eigenvalue weighted by molar-refractivity contribution is 0.0288. The van der Waals surface area contributed by atoms with E-state index < -0.39 is 16.0 Å². The second kappa shape index (κ2) is 6.02. The van der Waals surface area contributed by atoms with Crippen molar-refractivity contribution in [1.29, 1.82) is 0 Å². The number of ether oxygens (including phenoxy) is 2. The van der Waals surface area contributed by atoms with Gasteiger partial charge in [0, 0.05) is 19.3 Å². The Bertz CT molecular complexity index is 644. The van der Waals surface area contributed by atoms with Crippen LogP contribution in [0.15, 0.2) is 17.2 Å². The Morgan fingerprint density at radius 3 is 2.73 bits per heavy atom. The van der Waals surface area contributed by atoms with Gasteiger partial charge in [-0.1, -0.05) is 0 Å². The number of esters is 1. The van der Waals surface area contributed by atoms with Crippen molar-refractivity contribution in [2.24, 2.45) is 5.92 Å². The van der Waals surface area contributed by atoms with E-state index in [0.717, 1.165) is 12.8 Å². The summed E-state index contributed by atoms with van der Waals surface area (Å²) in [5.41, 5.74) is 0.166. The van der Waals surface area contributed by atoms with Crippen LogP contribution in [0.2, 0.25) is 0 Å². The first-order chi connectivity index (χ1) is 10.5. The van der Waals surface area contributed by atoms with Gasteiger partial charge in [0.05, 0.1) is 13.2 Å². The Labute approximate surface area is 129 Å². The first kappa shape index (κ1) is 15.5. The summed E-state index contributed by atoms with van der Waals surface area (Å²) in [7, 11) is -3.59. The highest BCUT2D eigenvalue weighted by Crippen LogP contribution is 2.34. The van der Waals surface area contributed by atoms with Crippen LogP contribution in [0.3, 0.4) is 0 Å². The summed E-state index contributed by atoms with van der Waals surface area (Å²) in [5, 5.41) is 0. The molecule has 0 amide bonds. The van der Waals surface area contributed by atoms with Crippen molar-refractivity contribution in [2.45, 2.75) is 30.8 Å². The maximum Gasteiger partial charge on any atom is 0.355 e. The Morgan fingerprint density at radius 1 is 1.41 bits per heavy atom. The Kier molecular flexibility index (Phi) is 4.24. The molecule has 22 heavy (non-hydrogen) atoms. The van der Waals surface area contributed by atoms with Gasteiger partial charge in [-0.05, 0) is 31.7 Å². The maximum absolute atomic E-state index is 12.5. The third-order valence-electron chi connectivity index (χ3n) is 4.06. The second-order valence-corrected chi connectivity index (χ2v) is 7.65. The van der Waals surface area contributed by atoms with Gasteiger partial charge in [0.25, 0.3) is 0 Å². The summed E-state index contributed by atoms with van der Waals surface area (Å²) in [4.78, 5) is 14.8. The number of morpholine rings is 1. The lowest BCUT2D eigenvalue weighted by atomic mass is 10.3. The molecular formula is C14H20N2O5S. The van der Waals surface area contributed by atoms with Crippen LogP contribution in [0.5, 0.6) is 0 Å². The topological polar surface area (TPSA) is 88.7 Å². The molecule has 0 spiro atoms. The minimum Gasteiger partial charge on any atom is -0.458 e. The first-order valence-corrected chi connectivity index (χ1v) is 8.90. The van der Waals surface area contributed by atoms with Crippen molar-refractivity contribution < 1.29 is 22.7 Å². The smallest absolute Gasteiger partial charge is 0.355 e. The fourth-order valence-electron chi connectivity index (χ4n) is 2.47. The van der Waals surface area contributed by atoms with Gasteiger partial charge in [0.1, 0.15) is 16.7 Å². The van der Waals surface area contributed by atoms with Gasteiger partial charge in [-0.3, -0.25) is 0 Å². The highest BCUT2D eigenvalue weighted by molar-refractivity contribution is 7.89. The standard InChI is InChI=1S/C14H20N2O5S/c1-10(11-2-3-11)21-14(17)13-8-12(9-15-13)22(18,19)16-4-6-20-7-5-16/h8-11,15H,2-7H2,1H3/t10-/m1/s1. The SMILES string of the molecule is C[C@@H](OC(=O)c1cc(S(=O)(=O)N2CCOCC2)c[nH]1)C1CC1. The van der Waals surface area contributed by atoms with E-state index in [0.29, 0.717) is 32.2 Å². The molecule has 1 saturated carbocycles. The van der Waals surface area contributed by atoms with Crippen LogP contribution < -0.4 is 0 Å². The largest absolute Gasteiger partial charge is 0.458 e. The number of aromatic nitrogens is 1. The third kappa shape index (κ3) is 3.18.